The topological polar surface area (TPSA) is 26.3 Å². The summed E-state index contributed by atoms with van der Waals surface area (Å²) in [6.45, 7) is 10.8. The van der Waals surface area contributed by atoms with Gasteiger partial charge in [-0.05, 0) is 18.9 Å². The molecule has 0 unspecified atom stereocenters. The number of carbonyl (C=O) groups excluding carboxylic acids is 1. The van der Waals surface area contributed by atoms with Crippen molar-refractivity contribution in [3.8, 4) is 0 Å². The van der Waals surface area contributed by atoms with Gasteiger partial charge < -0.3 is 4.74 Å². The van der Waals surface area contributed by atoms with Crippen molar-refractivity contribution in [2.24, 2.45) is 0 Å². The van der Waals surface area contributed by atoms with Crippen LogP contribution >= 0.6 is 11.6 Å². The summed E-state index contributed by atoms with van der Waals surface area (Å²) in [6.07, 6.45) is 1.97. The zero-order valence-corrected chi connectivity index (χ0v) is 9.06. The fourth-order valence-electron chi connectivity index (χ4n) is 0.432. The molecule has 0 N–H and O–H groups in total. The molecule has 0 aliphatic rings. The maximum Gasteiger partial charge on any atom is 0.333 e. The van der Waals surface area contributed by atoms with E-state index in [1.165, 1.54) is 5.54 Å². The Labute approximate surface area is 85.2 Å². The molecule has 0 atom stereocenters. The van der Waals surface area contributed by atoms with Gasteiger partial charge in [0.2, 0.25) is 0 Å². The van der Waals surface area contributed by atoms with Crippen LogP contribution in [0.5, 0.6) is 0 Å². The second-order valence-electron chi connectivity index (χ2n) is 2.42. The van der Waals surface area contributed by atoms with Crippen molar-refractivity contribution in [1.82, 2.24) is 0 Å². The first-order valence-corrected chi connectivity index (χ1v) is 4.57. The van der Waals surface area contributed by atoms with E-state index in [2.05, 4.69) is 20.1 Å². The van der Waals surface area contributed by atoms with Crippen molar-refractivity contribution >= 4 is 17.6 Å². The summed E-state index contributed by atoms with van der Waals surface area (Å²) in [5, 5.41) is 0. The minimum Gasteiger partial charge on any atom is -0.462 e. The van der Waals surface area contributed by atoms with Gasteiger partial charge in [0.25, 0.3) is 0 Å². The molecule has 76 valence electrons. The Hall–Kier alpha value is -0.760. The highest BCUT2D eigenvalue weighted by Crippen LogP contribution is 1.94. The molecule has 0 amide bonds. The maximum atomic E-state index is 10.7. The smallest absolute Gasteiger partial charge is 0.333 e. The van der Waals surface area contributed by atoms with E-state index in [1.54, 1.807) is 6.92 Å². The van der Waals surface area contributed by atoms with Crippen molar-refractivity contribution < 1.29 is 9.53 Å². The third-order valence-electron chi connectivity index (χ3n) is 1.08. The summed E-state index contributed by atoms with van der Waals surface area (Å²) in [7, 11) is 0. The average Bonchev–Trinajstić information content (AvgIpc) is 2.06. The summed E-state index contributed by atoms with van der Waals surface area (Å²) in [5.74, 6) is -0.284. The summed E-state index contributed by atoms with van der Waals surface area (Å²) < 4.78 is 4.81. The van der Waals surface area contributed by atoms with Crippen molar-refractivity contribution in [3.05, 3.63) is 24.3 Å². The average molecular weight is 205 g/mol. The molecule has 13 heavy (non-hydrogen) atoms. The largest absolute Gasteiger partial charge is 0.462 e. The lowest BCUT2D eigenvalue weighted by atomic mass is 10.3. The van der Waals surface area contributed by atoms with Gasteiger partial charge in [-0.2, -0.15) is 0 Å². The molecule has 0 saturated carbocycles. The van der Waals surface area contributed by atoms with Gasteiger partial charge in [-0.25, -0.2) is 4.79 Å². The summed E-state index contributed by atoms with van der Waals surface area (Å²) in [5.41, 5.74) is 1.69. The Balaban J connectivity index is 0. The molecule has 0 bridgehead atoms. The van der Waals surface area contributed by atoms with E-state index < -0.39 is 0 Å². The number of unbranched alkanes of at least 4 members (excludes halogenated alkanes) is 1. The molecular formula is C10H17ClO2. The first-order valence-electron chi connectivity index (χ1n) is 4.13. The van der Waals surface area contributed by atoms with Gasteiger partial charge in [0.05, 0.1) is 6.61 Å². The highest BCUT2D eigenvalue weighted by Gasteiger charge is 2.00. The number of carbonyl (C=O) groups is 1. The Bertz CT molecular complexity index is 164. The lowest BCUT2D eigenvalue weighted by molar-refractivity contribution is -0.139. The molecule has 0 aromatic rings. The lowest BCUT2D eigenvalue weighted by Crippen LogP contribution is -2.05. The van der Waals surface area contributed by atoms with Crippen LogP contribution in [-0.4, -0.2) is 12.6 Å². The Kier molecular flexibility index (Phi) is 12.8. The maximum absolute atomic E-state index is 10.7. The van der Waals surface area contributed by atoms with Crippen LogP contribution in [-0.2, 0) is 9.53 Å². The number of ether oxygens (including phenoxy) is 1. The molecule has 0 rings (SSSR count). The fraction of sp³-hybridized carbons (Fsp3) is 0.500. The van der Waals surface area contributed by atoms with E-state index in [0.717, 1.165) is 12.8 Å². The van der Waals surface area contributed by atoms with E-state index in [1.807, 2.05) is 0 Å². The standard InChI is InChI=1S/C8H14O2.C2H3Cl/c1-4-5-6-10-8(9)7(2)3;1-2-3/h2,4-6H2,1,3H3;2H,1H2. The summed E-state index contributed by atoms with van der Waals surface area (Å²) >= 11 is 4.76. The van der Waals surface area contributed by atoms with Gasteiger partial charge >= 0.3 is 5.97 Å². The predicted molar refractivity (Wildman–Crippen MR) is 56.7 cm³/mol. The quantitative estimate of drug-likeness (QED) is 0.399. The normalized spacial score (nSPS) is 7.92. The second kappa shape index (κ2) is 11.2. The van der Waals surface area contributed by atoms with Crippen molar-refractivity contribution in [3.63, 3.8) is 0 Å². The number of halogens is 1. The van der Waals surface area contributed by atoms with Gasteiger partial charge in [0.15, 0.2) is 0 Å². The highest BCUT2D eigenvalue weighted by molar-refractivity contribution is 6.25. The van der Waals surface area contributed by atoms with Gasteiger partial charge in [0.1, 0.15) is 0 Å². The van der Waals surface area contributed by atoms with Gasteiger partial charge in [-0.3, -0.25) is 0 Å². The molecule has 0 heterocycles. The molecule has 0 aliphatic carbocycles. The molecule has 0 fully saturated rings. The third-order valence-corrected chi connectivity index (χ3v) is 1.08. The van der Waals surface area contributed by atoms with Crippen LogP contribution < -0.4 is 0 Å². The molecule has 0 radical (unpaired) electrons. The minimum absolute atomic E-state index is 0.284. The van der Waals surface area contributed by atoms with Gasteiger partial charge in [-0.1, -0.05) is 38.1 Å². The van der Waals surface area contributed by atoms with E-state index in [0.29, 0.717) is 12.2 Å². The van der Waals surface area contributed by atoms with Crippen LogP contribution in [0.1, 0.15) is 26.7 Å². The molecule has 0 aromatic carbocycles. The van der Waals surface area contributed by atoms with Crippen LogP contribution in [0.25, 0.3) is 0 Å². The summed E-state index contributed by atoms with van der Waals surface area (Å²) in [6, 6.07) is 0. The van der Waals surface area contributed by atoms with E-state index in [-0.39, 0.29) is 5.97 Å². The molecular weight excluding hydrogens is 188 g/mol. The Morgan fingerprint density at radius 2 is 2.08 bits per heavy atom. The fourth-order valence-corrected chi connectivity index (χ4v) is 0.432. The molecule has 0 aliphatic heterocycles. The van der Waals surface area contributed by atoms with Crippen LogP contribution in [0.2, 0.25) is 0 Å². The van der Waals surface area contributed by atoms with Crippen LogP contribution in [0.3, 0.4) is 0 Å². The van der Waals surface area contributed by atoms with E-state index in [4.69, 9.17) is 16.3 Å². The lowest BCUT2D eigenvalue weighted by Gasteiger charge is -2.01. The monoisotopic (exact) mass is 204 g/mol. The van der Waals surface area contributed by atoms with Crippen molar-refractivity contribution in [1.29, 1.82) is 0 Å². The first-order chi connectivity index (χ1) is 6.09. The molecule has 2 nitrogen and oxygen atoms in total. The SMILES string of the molecule is C=C(C)C(=O)OCCCC.C=CCl. The second-order valence-corrected chi connectivity index (χ2v) is 2.73. The van der Waals surface area contributed by atoms with E-state index in [9.17, 15) is 4.79 Å². The van der Waals surface area contributed by atoms with Crippen molar-refractivity contribution in [2.45, 2.75) is 26.7 Å². The van der Waals surface area contributed by atoms with Crippen LogP contribution in [0.15, 0.2) is 24.3 Å². The zero-order chi connectivity index (χ0) is 10.7. The minimum atomic E-state index is -0.284. The molecule has 0 aromatic heterocycles. The Morgan fingerprint density at radius 1 is 1.62 bits per heavy atom. The van der Waals surface area contributed by atoms with Crippen molar-refractivity contribution in [2.75, 3.05) is 6.61 Å². The molecule has 0 spiro atoms. The third kappa shape index (κ3) is 14.1. The van der Waals surface area contributed by atoms with Crippen LogP contribution in [0, 0.1) is 0 Å². The highest BCUT2D eigenvalue weighted by atomic mass is 35.5. The van der Waals surface area contributed by atoms with Gasteiger partial charge in [-0.15, -0.1) is 0 Å². The molecule has 3 heteroatoms. The number of rotatable bonds is 4. The first kappa shape index (κ1) is 14.7. The van der Waals surface area contributed by atoms with E-state index >= 15 is 0 Å². The number of esters is 1. The number of hydrogen-bond donors (Lipinski definition) is 0. The summed E-state index contributed by atoms with van der Waals surface area (Å²) in [4.78, 5) is 10.7. The zero-order valence-electron chi connectivity index (χ0n) is 8.31. The predicted octanol–water partition coefficient (Wildman–Crippen LogP) is 3.27. The molecule has 0 saturated heterocycles. The van der Waals surface area contributed by atoms with Crippen LogP contribution in [0.4, 0.5) is 0 Å². The van der Waals surface area contributed by atoms with Gasteiger partial charge in [0, 0.05) is 5.57 Å². The Morgan fingerprint density at radius 3 is 2.38 bits per heavy atom. The number of hydrogen-bond acceptors (Lipinski definition) is 2.